The van der Waals surface area contributed by atoms with E-state index in [1.54, 1.807) is 48.5 Å². The van der Waals surface area contributed by atoms with Crippen LogP contribution < -0.4 is 15.5 Å². The molecule has 0 saturated carbocycles. The van der Waals surface area contributed by atoms with Crippen molar-refractivity contribution in [3.05, 3.63) is 65.2 Å². The summed E-state index contributed by atoms with van der Waals surface area (Å²) in [6.07, 6.45) is 1.42. The fourth-order valence-corrected chi connectivity index (χ4v) is 2.05. The van der Waals surface area contributed by atoms with Gasteiger partial charge in [-0.2, -0.15) is 5.10 Å². The van der Waals surface area contributed by atoms with Gasteiger partial charge in [-0.3, -0.25) is 9.59 Å². The number of carbonyl (C=O) groups excluding carboxylic acids is 3. The molecule has 0 aromatic heterocycles. The molecule has 0 radical (unpaired) electrons. The van der Waals surface area contributed by atoms with Crippen LogP contribution in [0.4, 0.5) is 0 Å². The minimum absolute atomic E-state index is 0.219. The van der Waals surface area contributed by atoms with Gasteiger partial charge >= 0.3 is 5.97 Å². The molecule has 27 heavy (non-hydrogen) atoms. The molecule has 0 aliphatic rings. The normalized spacial score (nSPS) is 10.3. The highest BCUT2D eigenvalue weighted by Crippen LogP contribution is 2.10. The SMILES string of the molecule is COC(=O)c1ccc(/C=N/NC(=O)CNC(=O)c2ccc(OC)cc2)cc1. The van der Waals surface area contributed by atoms with E-state index in [0.29, 0.717) is 22.4 Å². The Bertz CT molecular complexity index is 829. The van der Waals surface area contributed by atoms with Crippen LogP contribution in [-0.4, -0.2) is 44.8 Å². The van der Waals surface area contributed by atoms with Crippen molar-refractivity contribution in [1.82, 2.24) is 10.7 Å². The molecule has 2 amide bonds. The average molecular weight is 369 g/mol. The first kappa shape index (κ1) is 19.6. The minimum Gasteiger partial charge on any atom is -0.497 e. The number of benzene rings is 2. The molecule has 0 atom stereocenters. The summed E-state index contributed by atoms with van der Waals surface area (Å²) < 4.78 is 9.63. The van der Waals surface area contributed by atoms with Gasteiger partial charge in [0.2, 0.25) is 0 Å². The lowest BCUT2D eigenvalue weighted by Gasteiger charge is -2.05. The van der Waals surface area contributed by atoms with E-state index in [2.05, 4.69) is 20.6 Å². The van der Waals surface area contributed by atoms with Gasteiger partial charge in [0.05, 0.1) is 32.5 Å². The van der Waals surface area contributed by atoms with Gasteiger partial charge in [-0.05, 0) is 42.0 Å². The summed E-state index contributed by atoms with van der Waals surface area (Å²) >= 11 is 0. The molecule has 2 aromatic carbocycles. The van der Waals surface area contributed by atoms with Crippen LogP contribution in [0, 0.1) is 0 Å². The van der Waals surface area contributed by atoms with Gasteiger partial charge in [-0.1, -0.05) is 12.1 Å². The van der Waals surface area contributed by atoms with E-state index < -0.39 is 11.9 Å². The molecular weight excluding hydrogens is 350 g/mol. The summed E-state index contributed by atoms with van der Waals surface area (Å²) in [4.78, 5) is 35.0. The monoisotopic (exact) mass is 369 g/mol. The van der Waals surface area contributed by atoms with Gasteiger partial charge in [-0.25, -0.2) is 10.2 Å². The summed E-state index contributed by atoms with van der Waals surface area (Å²) in [7, 11) is 2.84. The summed E-state index contributed by atoms with van der Waals surface area (Å²) in [5.74, 6) is -0.646. The maximum atomic E-state index is 11.9. The third kappa shape index (κ3) is 5.96. The highest BCUT2D eigenvalue weighted by Gasteiger charge is 2.08. The molecule has 8 heteroatoms. The van der Waals surface area contributed by atoms with Crippen LogP contribution in [-0.2, 0) is 9.53 Å². The first-order valence-electron chi connectivity index (χ1n) is 7.96. The number of esters is 1. The van der Waals surface area contributed by atoms with E-state index in [4.69, 9.17) is 4.74 Å². The predicted octanol–water partition coefficient (Wildman–Crippen LogP) is 1.36. The maximum absolute atomic E-state index is 11.9. The Kier molecular flexibility index (Phi) is 7.07. The number of nitrogens with one attached hydrogen (secondary N) is 2. The third-order valence-corrected chi connectivity index (χ3v) is 3.50. The van der Waals surface area contributed by atoms with Crippen LogP contribution in [0.15, 0.2) is 53.6 Å². The highest BCUT2D eigenvalue weighted by molar-refractivity contribution is 5.96. The second-order valence-electron chi connectivity index (χ2n) is 5.32. The van der Waals surface area contributed by atoms with Crippen LogP contribution in [0.1, 0.15) is 26.3 Å². The average Bonchev–Trinajstić information content (AvgIpc) is 2.72. The zero-order valence-corrected chi connectivity index (χ0v) is 14.9. The molecule has 0 aliphatic heterocycles. The second kappa shape index (κ2) is 9.71. The molecule has 0 bridgehead atoms. The molecular formula is C19H19N3O5. The molecule has 2 rings (SSSR count). The van der Waals surface area contributed by atoms with Crippen molar-refractivity contribution in [2.24, 2.45) is 5.10 Å². The van der Waals surface area contributed by atoms with Crippen molar-refractivity contribution in [3.8, 4) is 5.75 Å². The van der Waals surface area contributed by atoms with Crippen molar-refractivity contribution in [1.29, 1.82) is 0 Å². The Balaban J connectivity index is 1.78. The fraction of sp³-hybridized carbons (Fsp3) is 0.158. The predicted molar refractivity (Wildman–Crippen MR) is 98.8 cm³/mol. The third-order valence-electron chi connectivity index (χ3n) is 3.50. The molecule has 140 valence electrons. The Morgan fingerprint density at radius 2 is 1.59 bits per heavy atom. The standard InChI is InChI=1S/C19H19N3O5/c1-26-16-9-7-14(8-10-16)18(24)20-12-17(23)22-21-11-13-3-5-15(6-4-13)19(25)27-2/h3-11H,12H2,1-2H3,(H,20,24)(H,22,23)/b21-11+. The number of hydrogen-bond donors (Lipinski definition) is 2. The molecule has 0 fully saturated rings. The Labute approximate surface area is 156 Å². The summed E-state index contributed by atoms with van der Waals surface area (Å²) in [5.41, 5.74) is 3.83. The number of methoxy groups -OCH3 is 2. The number of carbonyl (C=O) groups is 3. The molecule has 0 unspecified atom stereocenters. The molecule has 0 aliphatic carbocycles. The number of ether oxygens (including phenoxy) is 2. The number of amides is 2. The lowest BCUT2D eigenvalue weighted by Crippen LogP contribution is -2.34. The lowest BCUT2D eigenvalue weighted by atomic mass is 10.1. The topological polar surface area (TPSA) is 106 Å². The molecule has 8 nitrogen and oxygen atoms in total. The van der Waals surface area contributed by atoms with Crippen LogP contribution in [0.2, 0.25) is 0 Å². The second-order valence-corrected chi connectivity index (χ2v) is 5.32. The van der Waals surface area contributed by atoms with Crippen LogP contribution in [0.25, 0.3) is 0 Å². The van der Waals surface area contributed by atoms with Gasteiger partial charge in [0.25, 0.3) is 11.8 Å². The van der Waals surface area contributed by atoms with Gasteiger partial charge in [0, 0.05) is 5.56 Å². The smallest absolute Gasteiger partial charge is 0.337 e. The van der Waals surface area contributed by atoms with E-state index in [0.717, 1.165) is 0 Å². The quantitative estimate of drug-likeness (QED) is 0.435. The van der Waals surface area contributed by atoms with Gasteiger partial charge in [-0.15, -0.1) is 0 Å². The van der Waals surface area contributed by atoms with E-state index in [-0.39, 0.29) is 12.5 Å². The first-order chi connectivity index (χ1) is 13.0. The van der Waals surface area contributed by atoms with Gasteiger partial charge < -0.3 is 14.8 Å². The van der Waals surface area contributed by atoms with E-state index in [9.17, 15) is 14.4 Å². The zero-order valence-electron chi connectivity index (χ0n) is 14.9. The van der Waals surface area contributed by atoms with E-state index in [1.807, 2.05) is 0 Å². The van der Waals surface area contributed by atoms with Crippen molar-refractivity contribution in [2.45, 2.75) is 0 Å². The fourth-order valence-electron chi connectivity index (χ4n) is 2.05. The molecule has 0 heterocycles. The minimum atomic E-state index is -0.473. The van der Waals surface area contributed by atoms with Crippen molar-refractivity contribution in [2.75, 3.05) is 20.8 Å². The van der Waals surface area contributed by atoms with Crippen LogP contribution in [0.3, 0.4) is 0 Å². The Hall–Kier alpha value is -3.68. The van der Waals surface area contributed by atoms with Crippen molar-refractivity contribution < 1.29 is 23.9 Å². The molecule has 0 spiro atoms. The van der Waals surface area contributed by atoms with Crippen LogP contribution in [0.5, 0.6) is 5.75 Å². The van der Waals surface area contributed by atoms with Crippen molar-refractivity contribution in [3.63, 3.8) is 0 Å². The first-order valence-corrected chi connectivity index (χ1v) is 7.96. The molecule has 0 saturated heterocycles. The van der Waals surface area contributed by atoms with E-state index in [1.165, 1.54) is 20.4 Å². The maximum Gasteiger partial charge on any atom is 0.337 e. The van der Waals surface area contributed by atoms with Crippen molar-refractivity contribution >= 4 is 24.0 Å². The number of hydrazone groups is 1. The summed E-state index contributed by atoms with van der Waals surface area (Å²) in [5, 5.41) is 6.30. The summed E-state index contributed by atoms with van der Waals surface area (Å²) in [6, 6.07) is 13.0. The molecule has 2 N–H and O–H groups in total. The van der Waals surface area contributed by atoms with Crippen LogP contribution >= 0.6 is 0 Å². The van der Waals surface area contributed by atoms with Gasteiger partial charge in [0.1, 0.15) is 5.75 Å². The zero-order chi connectivity index (χ0) is 19.6. The number of hydrogen-bond acceptors (Lipinski definition) is 6. The summed E-state index contributed by atoms with van der Waals surface area (Å²) in [6.45, 7) is -0.219. The van der Waals surface area contributed by atoms with E-state index >= 15 is 0 Å². The molecule has 2 aromatic rings. The lowest BCUT2D eigenvalue weighted by molar-refractivity contribution is -0.120. The highest BCUT2D eigenvalue weighted by atomic mass is 16.5. The largest absolute Gasteiger partial charge is 0.497 e. The number of rotatable bonds is 7. The number of nitrogens with zero attached hydrogens (tertiary/aromatic N) is 1. The Morgan fingerprint density at radius 1 is 0.963 bits per heavy atom. The van der Waals surface area contributed by atoms with Gasteiger partial charge in [0.15, 0.2) is 0 Å². The Morgan fingerprint density at radius 3 is 2.19 bits per heavy atom.